The number of nitrogens with one attached hydrogen (secondary N) is 1. The second-order valence-electron chi connectivity index (χ2n) is 4.72. The molecule has 0 radical (unpaired) electrons. The molecular weight excluding hydrogens is 338 g/mol. The number of carbonyl (C=O) groups excluding carboxylic acids is 2. The van der Waals surface area contributed by atoms with E-state index in [4.69, 9.17) is 16.6 Å². The van der Waals surface area contributed by atoms with Gasteiger partial charge in [-0.1, -0.05) is 0 Å². The molecule has 1 aromatic rings. The second kappa shape index (κ2) is 6.68. The van der Waals surface area contributed by atoms with Crippen molar-refractivity contribution < 1.29 is 23.1 Å². The molecule has 24 heavy (non-hydrogen) atoms. The van der Waals surface area contributed by atoms with Gasteiger partial charge in [0.1, 0.15) is 5.70 Å². The summed E-state index contributed by atoms with van der Waals surface area (Å²) in [7, 11) is -4.00. The van der Waals surface area contributed by atoms with Gasteiger partial charge in [0.15, 0.2) is 0 Å². The fourth-order valence-electron chi connectivity index (χ4n) is 1.97. The molecule has 1 aliphatic rings. The Bertz CT molecular complexity index is 825. The lowest BCUT2D eigenvalue weighted by molar-refractivity contribution is -0.137. The lowest BCUT2D eigenvalue weighted by Gasteiger charge is -2.13. The number of benzene rings is 1. The minimum absolute atomic E-state index is 0.0216. The SMILES string of the molecule is NC(N)=NS(=O)(=O)c1ccc(NC2=CC(=O)N(CCO)C2=O)cc1. The van der Waals surface area contributed by atoms with Gasteiger partial charge in [-0.2, -0.15) is 8.42 Å². The van der Waals surface area contributed by atoms with E-state index in [1.807, 2.05) is 0 Å². The summed E-state index contributed by atoms with van der Waals surface area (Å²) in [6.07, 6.45) is 1.10. The van der Waals surface area contributed by atoms with Gasteiger partial charge in [-0.3, -0.25) is 14.5 Å². The molecule has 0 saturated heterocycles. The monoisotopic (exact) mass is 353 g/mol. The molecule has 0 aliphatic carbocycles. The second-order valence-corrected chi connectivity index (χ2v) is 6.32. The molecule has 0 aromatic heterocycles. The van der Waals surface area contributed by atoms with Gasteiger partial charge in [0.2, 0.25) is 5.96 Å². The van der Waals surface area contributed by atoms with Gasteiger partial charge in [-0.05, 0) is 24.3 Å². The Labute approximate surface area is 137 Å². The van der Waals surface area contributed by atoms with Gasteiger partial charge < -0.3 is 21.9 Å². The number of carbonyl (C=O) groups is 2. The normalized spacial score (nSPS) is 14.5. The molecule has 1 aliphatic heterocycles. The van der Waals surface area contributed by atoms with Crippen LogP contribution < -0.4 is 16.8 Å². The highest BCUT2D eigenvalue weighted by Crippen LogP contribution is 2.20. The molecule has 0 spiro atoms. The summed E-state index contributed by atoms with van der Waals surface area (Å²) in [6, 6.07) is 5.28. The van der Waals surface area contributed by atoms with Gasteiger partial charge in [0, 0.05) is 11.8 Å². The molecule has 11 heteroatoms. The maximum Gasteiger partial charge on any atom is 0.285 e. The number of aliphatic hydroxyl groups is 1. The molecule has 2 amide bonds. The van der Waals surface area contributed by atoms with Crippen molar-refractivity contribution in [1.29, 1.82) is 0 Å². The molecule has 1 heterocycles. The van der Waals surface area contributed by atoms with Crippen LogP contribution in [0.2, 0.25) is 0 Å². The molecule has 1 aromatic carbocycles. The van der Waals surface area contributed by atoms with Crippen LogP contribution in [-0.2, 0) is 19.6 Å². The van der Waals surface area contributed by atoms with Crippen LogP contribution >= 0.6 is 0 Å². The molecule has 0 unspecified atom stereocenters. The lowest BCUT2D eigenvalue weighted by atomic mass is 10.3. The number of nitrogens with zero attached hydrogens (tertiary/aromatic N) is 2. The molecule has 10 nitrogen and oxygen atoms in total. The van der Waals surface area contributed by atoms with Crippen molar-refractivity contribution in [2.45, 2.75) is 4.90 Å². The van der Waals surface area contributed by atoms with Gasteiger partial charge >= 0.3 is 0 Å². The average molecular weight is 353 g/mol. The topological polar surface area (TPSA) is 168 Å². The summed E-state index contributed by atoms with van der Waals surface area (Å²) < 4.78 is 26.7. The van der Waals surface area contributed by atoms with E-state index in [-0.39, 0.29) is 23.7 Å². The number of nitrogens with two attached hydrogens (primary N) is 2. The highest BCUT2D eigenvalue weighted by molar-refractivity contribution is 7.90. The van der Waals surface area contributed by atoms with E-state index >= 15 is 0 Å². The highest BCUT2D eigenvalue weighted by Gasteiger charge is 2.30. The Morgan fingerprint density at radius 3 is 2.38 bits per heavy atom. The molecule has 0 saturated carbocycles. The fourth-order valence-corrected chi connectivity index (χ4v) is 2.83. The van der Waals surface area contributed by atoms with Gasteiger partial charge in [-0.25, -0.2) is 0 Å². The van der Waals surface area contributed by atoms with Crippen LogP contribution in [0.4, 0.5) is 5.69 Å². The Morgan fingerprint density at radius 2 is 1.83 bits per heavy atom. The molecule has 6 N–H and O–H groups in total. The first-order valence-electron chi connectivity index (χ1n) is 6.66. The van der Waals surface area contributed by atoms with E-state index in [2.05, 4.69) is 9.71 Å². The van der Waals surface area contributed by atoms with E-state index < -0.39 is 27.8 Å². The molecular formula is C13H15N5O5S. The number of aliphatic hydroxyl groups excluding tert-OH is 1. The van der Waals surface area contributed by atoms with Gasteiger partial charge in [0.05, 0.1) is 18.0 Å². The standard InChI is InChI=1S/C13H15N5O5S/c14-13(15)17-24(22,23)9-3-1-8(2-4-9)16-10-7-11(20)18(5-6-19)12(10)21/h1-4,7,16,19H,5-6H2,(H4,14,15,17). The van der Waals surface area contributed by atoms with Crippen LogP contribution in [-0.4, -0.2) is 49.3 Å². The zero-order valence-corrected chi connectivity index (χ0v) is 13.2. The van der Waals surface area contributed by atoms with Gasteiger partial charge in [0.25, 0.3) is 21.8 Å². The number of imide groups is 1. The maximum absolute atomic E-state index is 12.0. The van der Waals surface area contributed by atoms with Crippen molar-refractivity contribution in [3.8, 4) is 0 Å². The quantitative estimate of drug-likeness (QED) is 0.267. The van der Waals surface area contributed by atoms with Crippen molar-refractivity contribution in [2.75, 3.05) is 18.5 Å². The van der Waals surface area contributed by atoms with Crippen LogP contribution in [0.3, 0.4) is 0 Å². The highest BCUT2D eigenvalue weighted by atomic mass is 32.2. The third kappa shape index (κ3) is 3.70. The van der Waals surface area contributed by atoms with E-state index in [0.29, 0.717) is 5.69 Å². The van der Waals surface area contributed by atoms with Crippen molar-refractivity contribution >= 4 is 33.5 Å². The summed E-state index contributed by atoms with van der Waals surface area (Å²) in [5.41, 5.74) is 10.5. The smallest absolute Gasteiger partial charge is 0.285 e. The first-order valence-corrected chi connectivity index (χ1v) is 8.10. The number of β-amino-alcohol motifs (C(OH)–C–C–N with tert-alkyl or cyclic N) is 1. The van der Waals surface area contributed by atoms with E-state index in [9.17, 15) is 18.0 Å². The van der Waals surface area contributed by atoms with Gasteiger partial charge in [-0.15, -0.1) is 4.40 Å². The number of hydrogen-bond acceptors (Lipinski definition) is 6. The maximum atomic E-state index is 12.0. The number of amides is 2. The zero-order chi connectivity index (χ0) is 17.9. The number of anilines is 1. The summed E-state index contributed by atoms with van der Waals surface area (Å²) in [4.78, 5) is 24.4. The van der Waals surface area contributed by atoms with Crippen molar-refractivity contribution in [1.82, 2.24) is 4.90 Å². The van der Waals surface area contributed by atoms with Crippen molar-refractivity contribution in [3.05, 3.63) is 36.0 Å². The molecule has 0 fully saturated rings. The molecule has 128 valence electrons. The minimum atomic E-state index is -4.00. The van der Waals surface area contributed by atoms with Crippen LogP contribution in [0.25, 0.3) is 0 Å². The lowest BCUT2D eigenvalue weighted by Crippen LogP contribution is -2.34. The Kier molecular flexibility index (Phi) is 4.85. The molecule has 0 atom stereocenters. The van der Waals surface area contributed by atoms with E-state index in [1.54, 1.807) is 0 Å². The number of rotatable bonds is 6. The first kappa shape index (κ1) is 17.4. The third-order valence-corrected chi connectivity index (χ3v) is 4.31. The van der Waals surface area contributed by atoms with E-state index in [1.165, 1.54) is 24.3 Å². The summed E-state index contributed by atoms with van der Waals surface area (Å²) in [6.45, 7) is -0.439. The first-order chi connectivity index (χ1) is 11.2. The van der Waals surface area contributed by atoms with Crippen LogP contribution in [0.1, 0.15) is 0 Å². The Balaban J connectivity index is 2.16. The predicted octanol–water partition coefficient (Wildman–Crippen LogP) is -1.69. The van der Waals surface area contributed by atoms with Crippen molar-refractivity contribution in [2.24, 2.45) is 15.9 Å². The Morgan fingerprint density at radius 1 is 1.21 bits per heavy atom. The predicted molar refractivity (Wildman–Crippen MR) is 84.9 cm³/mol. The summed E-state index contributed by atoms with van der Waals surface area (Å²) >= 11 is 0. The largest absolute Gasteiger partial charge is 0.395 e. The number of hydrogen-bond donors (Lipinski definition) is 4. The third-order valence-electron chi connectivity index (χ3n) is 2.99. The minimum Gasteiger partial charge on any atom is -0.395 e. The molecule has 2 rings (SSSR count). The van der Waals surface area contributed by atoms with Crippen LogP contribution in [0.5, 0.6) is 0 Å². The summed E-state index contributed by atoms with van der Waals surface area (Å²) in [5.74, 6) is -1.70. The van der Waals surface area contributed by atoms with Crippen molar-refractivity contribution in [3.63, 3.8) is 0 Å². The Hall–Kier alpha value is -2.92. The summed E-state index contributed by atoms with van der Waals surface area (Å²) in [5, 5.41) is 11.5. The van der Waals surface area contributed by atoms with Crippen LogP contribution in [0.15, 0.2) is 45.3 Å². The zero-order valence-electron chi connectivity index (χ0n) is 12.3. The molecule has 0 bridgehead atoms. The average Bonchev–Trinajstić information content (AvgIpc) is 2.74. The van der Waals surface area contributed by atoms with Crippen LogP contribution in [0, 0.1) is 0 Å². The number of sulfonamides is 1. The van der Waals surface area contributed by atoms with E-state index in [0.717, 1.165) is 11.0 Å². The fraction of sp³-hybridized carbons (Fsp3) is 0.154. The number of guanidine groups is 1.